The quantitative estimate of drug-likeness (QED) is 0.535. The fraction of sp³-hybridized carbons (Fsp3) is 0.333. The topological polar surface area (TPSA) is 100 Å². The number of ether oxygens (including phenoxy) is 1. The number of benzene rings is 1. The fourth-order valence-corrected chi connectivity index (χ4v) is 4.12. The highest BCUT2D eigenvalue weighted by Gasteiger charge is 2.23. The summed E-state index contributed by atoms with van der Waals surface area (Å²) >= 11 is 5.92. The number of β-amino-alcohol motifs (C(OH)–C–C–N with tert-alkyl or cyclic N) is 1. The van der Waals surface area contributed by atoms with Gasteiger partial charge in [0.05, 0.1) is 12.2 Å². The van der Waals surface area contributed by atoms with Gasteiger partial charge in [0.25, 0.3) is 6.47 Å². The van der Waals surface area contributed by atoms with Crippen LogP contribution in [-0.4, -0.2) is 63.9 Å². The van der Waals surface area contributed by atoms with Crippen molar-refractivity contribution in [2.24, 2.45) is 0 Å². The molecule has 1 fully saturated rings. The molecular weight excluding hydrogens is 425 g/mol. The minimum atomic E-state index is -0.676. The van der Waals surface area contributed by atoms with E-state index in [4.69, 9.17) is 16.3 Å². The van der Waals surface area contributed by atoms with Gasteiger partial charge in [0, 0.05) is 53.4 Å². The lowest BCUT2D eigenvalue weighted by molar-refractivity contribution is -0.120. The van der Waals surface area contributed by atoms with Gasteiger partial charge in [-0.1, -0.05) is 11.6 Å². The number of fused-ring (bicyclic) bond motifs is 1. The Morgan fingerprint density at radius 2 is 2.23 bits per heavy atom. The van der Waals surface area contributed by atoms with E-state index in [1.807, 2.05) is 0 Å². The molecule has 2 N–H and O–H groups in total. The third-order valence-electron chi connectivity index (χ3n) is 5.27. The standard InChI is InChI=1S/C21H21ClFN5O3/c22-13-8-17(23)19(18(9-13)31-12-30)20-15-3-4-24-10-16(15)21(27-26-20)25-14-2-1-5-28(11-14)6-7-29/h3-4,8-10,12,14,29H,1-2,5-7,11H2,(H,25,27)/t14-/m1/s1. The molecule has 31 heavy (non-hydrogen) atoms. The first-order chi connectivity index (χ1) is 15.1. The Balaban J connectivity index is 1.74. The normalized spacial score (nSPS) is 16.9. The Hall–Kier alpha value is -2.88. The van der Waals surface area contributed by atoms with Crippen molar-refractivity contribution in [3.8, 4) is 17.0 Å². The van der Waals surface area contributed by atoms with Crippen LogP contribution in [0.15, 0.2) is 30.6 Å². The van der Waals surface area contributed by atoms with E-state index in [1.54, 1.807) is 18.5 Å². The number of piperidine rings is 1. The number of pyridine rings is 1. The average molecular weight is 446 g/mol. The Morgan fingerprint density at radius 1 is 1.35 bits per heavy atom. The number of aromatic nitrogens is 3. The Labute approximate surface area is 183 Å². The zero-order valence-electron chi connectivity index (χ0n) is 16.6. The lowest BCUT2D eigenvalue weighted by Gasteiger charge is -2.33. The van der Waals surface area contributed by atoms with Gasteiger partial charge in [-0.05, 0) is 31.5 Å². The number of hydrogen-bond acceptors (Lipinski definition) is 8. The molecule has 0 unspecified atom stereocenters. The molecule has 3 aromatic rings. The van der Waals surface area contributed by atoms with Crippen LogP contribution in [-0.2, 0) is 4.79 Å². The maximum absolute atomic E-state index is 14.8. The van der Waals surface area contributed by atoms with Gasteiger partial charge in [-0.15, -0.1) is 10.2 Å². The van der Waals surface area contributed by atoms with Gasteiger partial charge in [0.2, 0.25) is 0 Å². The van der Waals surface area contributed by atoms with Crippen molar-refractivity contribution in [3.05, 3.63) is 41.4 Å². The number of nitrogens with zero attached hydrogens (tertiary/aromatic N) is 4. The molecule has 4 rings (SSSR count). The molecule has 0 aliphatic carbocycles. The van der Waals surface area contributed by atoms with Crippen LogP contribution in [0, 0.1) is 5.82 Å². The molecule has 0 spiro atoms. The van der Waals surface area contributed by atoms with Crippen LogP contribution in [0.5, 0.6) is 5.75 Å². The molecule has 1 aliphatic rings. The Bertz CT molecular complexity index is 1100. The molecule has 2 aromatic heterocycles. The molecule has 162 valence electrons. The predicted molar refractivity (Wildman–Crippen MR) is 115 cm³/mol. The maximum atomic E-state index is 14.8. The second-order valence-corrected chi connectivity index (χ2v) is 7.74. The second-order valence-electron chi connectivity index (χ2n) is 7.30. The Kier molecular flexibility index (Phi) is 6.55. The van der Waals surface area contributed by atoms with Crippen LogP contribution in [0.1, 0.15) is 12.8 Å². The number of rotatable bonds is 7. The Morgan fingerprint density at radius 3 is 3.03 bits per heavy atom. The van der Waals surface area contributed by atoms with Crippen LogP contribution < -0.4 is 10.1 Å². The zero-order chi connectivity index (χ0) is 21.8. The second kappa shape index (κ2) is 9.51. The zero-order valence-corrected chi connectivity index (χ0v) is 17.3. The van der Waals surface area contributed by atoms with Crippen LogP contribution in [0.3, 0.4) is 0 Å². The number of carbonyl (C=O) groups is 1. The molecule has 0 saturated carbocycles. The van der Waals surface area contributed by atoms with E-state index in [0.29, 0.717) is 23.1 Å². The molecule has 1 saturated heterocycles. The van der Waals surface area contributed by atoms with Crippen LogP contribution in [0.2, 0.25) is 5.02 Å². The van der Waals surface area contributed by atoms with Gasteiger partial charge in [-0.2, -0.15) is 0 Å². The molecule has 8 nitrogen and oxygen atoms in total. The van der Waals surface area contributed by atoms with Crippen molar-refractivity contribution in [1.82, 2.24) is 20.1 Å². The summed E-state index contributed by atoms with van der Waals surface area (Å²) in [5.41, 5.74) is 0.220. The number of aliphatic hydroxyl groups is 1. The molecule has 1 atom stereocenters. The van der Waals surface area contributed by atoms with Gasteiger partial charge in [-0.25, -0.2) is 4.39 Å². The van der Waals surface area contributed by atoms with E-state index in [1.165, 1.54) is 6.07 Å². The van der Waals surface area contributed by atoms with E-state index in [9.17, 15) is 14.3 Å². The number of carbonyl (C=O) groups excluding carboxylic acids is 1. The highest BCUT2D eigenvalue weighted by molar-refractivity contribution is 6.30. The smallest absolute Gasteiger partial charge is 0.298 e. The first-order valence-electron chi connectivity index (χ1n) is 9.90. The average Bonchev–Trinajstić information content (AvgIpc) is 2.75. The number of nitrogens with one attached hydrogen (secondary N) is 1. The van der Waals surface area contributed by atoms with Crippen molar-refractivity contribution in [1.29, 1.82) is 0 Å². The highest BCUT2D eigenvalue weighted by Crippen LogP contribution is 2.38. The van der Waals surface area contributed by atoms with Gasteiger partial charge in [-0.3, -0.25) is 14.7 Å². The lowest BCUT2D eigenvalue weighted by Crippen LogP contribution is -2.43. The van der Waals surface area contributed by atoms with E-state index in [-0.39, 0.29) is 41.2 Å². The minimum Gasteiger partial charge on any atom is -0.428 e. The first-order valence-corrected chi connectivity index (χ1v) is 10.3. The summed E-state index contributed by atoms with van der Waals surface area (Å²) in [6, 6.07) is 4.33. The molecule has 1 aromatic carbocycles. The molecule has 0 amide bonds. The van der Waals surface area contributed by atoms with Crippen molar-refractivity contribution in [2.75, 3.05) is 31.6 Å². The summed E-state index contributed by atoms with van der Waals surface area (Å²) in [6.07, 6.45) is 5.17. The lowest BCUT2D eigenvalue weighted by atomic mass is 10.0. The molecule has 1 aliphatic heterocycles. The minimum absolute atomic E-state index is 0.00135. The van der Waals surface area contributed by atoms with Crippen LogP contribution in [0.4, 0.5) is 10.2 Å². The molecule has 0 bridgehead atoms. The van der Waals surface area contributed by atoms with E-state index in [2.05, 4.69) is 25.4 Å². The molecule has 10 heteroatoms. The van der Waals surface area contributed by atoms with Crippen molar-refractivity contribution in [2.45, 2.75) is 18.9 Å². The summed E-state index contributed by atoms with van der Waals surface area (Å²) in [5.74, 6) is -0.181. The number of aliphatic hydroxyl groups excluding tert-OH is 1. The summed E-state index contributed by atoms with van der Waals surface area (Å²) in [5, 5.41) is 22.6. The summed E-state index contributed by atoms with van der Waals surface area (Å²) in [4.78, 5) is 17.3. The maximum Gasteiger partial charge on any atom is 0.298 e. The van der Waals surface area contributed by atoms with Crippen molar-refractivity contribution < 1.29 is 19.0 Å². The number of likely N-dealkylation sites (tertiary alicyclic amines) is 1. The largest absolute Gasteiger partial charge is 0.428 e. The molecule has 0 radical (unpaired) electrons. The first kappa shape index (κ1) is 21.4. The van der Waals surface area contributed by atoms with E-state index < -0.39 is 5.82 Å². The highest BCUT2D eigenvalue weighted by atomic mass is 35.5. The van der Waals surface area contributed by atoms with Gasteiger partial charge in [0.15, 0.2) is 5.82 Å². The third-order valence-corrected chi connectivity index (χ3v) is 5.49. The summed E-state index contributed by atoms with van der Waals surface area (Å²) in [7, 11) is 0. The molecular formula is C21H21ClFN5O3. The van der Waals surface area contributed by atoms with Crippen LogP contribution >= 0.6 is 11.6 Å². The van der Waals surface area contributed by atoms with E-state index in [0.717, 1.165) is 32.0 Å². The monoisotopic (exact) mass is 445 g/mol. The summed E-state index contributed by atoms with van der Waals surface area (Å²) in [6.45, 7) is 2.67. The third kappa shape index (κ3) is 4.58. The number of halogens is 2. The number of anilines is 1. The van der Waals surface area contributed by atoms with Crippen molar-refractivity contribution in [3.63, 3.8) is 0 Å². The van der Waals surface area contributed by atoms with Gasteiger partial charge >= 0.3 is 0 Å². The predicted octanol–water partition coefficient (Wildman–Crippen LogP) is 2.89. The van der Waals surface area contributed by atoms with E-state index >= 15 is 0 Å². The SMILES string of the molecule is O=COc1cc(Cl)cc(F)c1-c1nnc(N[C@@H]2CCCN(CCO)C2)c2cnccc12. The van der Waals surface area contributed by atoms with Gasteiger partial charge in [0.1, 0.15) is 17.3 Å². The molecule has 3 heterocycles. The van der Waals surface area contributed by atoms with Crippen molar-refractivity contribution >= 4 is 34.7 Å². The fourth-order valence-electron chi connectivity index (χ4n) is 3.92. The van der Waals surface area contributed by atoms with Gasteiger partial charge < -0.3 is 15.2 Å². The number of hydrogen-bond donors (Lipinski definition) is 2. The summed E-state index contributed by atoms with van der Waals surface area (Å²) < 4.78 is 19.8. The van der Waals surface area contributed by atoms with Crippen LogP contribution in [0.25, 0.3) is 22.0 Å².